The normalized spacial score (nSPS) is 13.3. The molecule has 0 radical (unpaired) electrons. The van der Waals surface area contributed by atoms with Gasteiger partial charge in [0.05, 0.1) is 0 Å². The Morgan fingerprint density at radius 1 is 1.40 bits per heavy atom. The van der Waals surface area contributed by atoms with E-state index >= 15 is 0 Å². The Morgan fingerprint density at radius 3 is 2.50 bits per heavy atom. The molecule has 5 nitrogen and oxygen atoms in total. The minimum Gasteiger partial charge on any atom is -0.384 e. The van der Waals surface area contributed by atoms with E-state index in [2.05, 4.69) is 10.3 Å². The molecular formula is C15H26N4O. The molecule has 0 bridgehead atoms. The Kier molecular flexibility index (Phi) is 5.11. The number of amides is 1. The Labute approximate surface area is 121 Å². The summed E-state index contributed by atoms with van der Waals surface area (Å²) in [4.78, 5) is 18.6. The number of rotatable bonds is 4. The second-order valence-corrected chi connectivity index (χ2v) is 6.55. The zero-order valence-corrected chi connectivity index (χ0v) is 13.3. The maximum absolute atomic E-state index is 12.3. The first-order valence-electron chi connectivity index (χ1n) is 6.83. The van der Waals surface area contributed by atoms with E-state index in [1.54, 1.807) is 6.07 Å². The minimum absolute atomic E-state index is 0.0741. The summed E-state index contributed by atoms with van der Waals surface area (Å²) in [6, 6.07) is 3.51. The lowest BCUT2D eigenvalue weighted by molar-refractivity contribution is 0.0934. The van der Waals surface area contributed by atoms with Crippen molar-refractivity contribution in [3.8, 4) is 0 Å². The van der Waals surface area contributed by atoms with E-state index in [0.29, 0.717) is 11.4 Å². The lowest BCUT2D eigenvalue weighted by Gasteiger charge is -2.21. The highest BCUT2D eigenvalue weighted by molar-refractivity contribution is 5.95. The largest absolute Gasteiger partial charge is 0.384 e. The number of hydrogen-bond donors (Lipinski definition) is 2. The second kappa shape index (κ2) is 6.22. The Bertz CT molecular complexity index is 477. The number of pyridine rings is 1. The van der Waals surface area contributed by atoms with Crippen molar-refractivity contribution in [2.45, 2.75) is 39.2 Å². The highest BCUT2D eigenvalue weighted by atomic mass is 16.1. The topological polar surface area (TPSA) is 71.2 Å². The van der Waals surface area contributed by atoms with Crippen LogP contribution >= 0.6 is 0 Å². The molecular weight excluding hydrogens is 252 g/mol. The number of nitrogens with one attached hydrogen (secondary N) is 1. The van der Waals surface area contributed by atoms with Crippen molar-refractivity contribution in [2.24, 2.45) is 0 Å². The van der Waals surface area contributed by atoms with Crippen molar-refractivity contribution in [3.05, 3.63) is 23.4 Å². The summed E-state index contributed by atoms with van der Waals surface area (Å²) in [7, 11) is 3.95. The van der Waals surface area contributed by atoms with Crippen molar-refractivity contribution in [3.63, 3.8) is 0 Å². The number of aromatic nitrogens is 1. The van der Waals surface area contributed by atoms with Gasteiger partial charge in [0.15, 0.2) is 0 Å². The summed E-state index contributed by atoms with van der Waals surface area (Å²) >= 11 is 0. The van der Waals surface area contributed by atoms with Crippen LogP contribution in [0, 0.1) is 0 Å². The number of nitrogens with two attached hydrogens (primary N) is 1. The van der Waals surface area contributed by atoms with Crippen LogP contribution in [0.2, 0.25) is 0 Å². The van der Waals surface area contributed by atoms with Crippen molar-refractivity contribution in [1.82, 2.24) is 15.2 Å². The van der Waals surface area contributed by atoms with Gasteiger partial charge in [0.2, 0.25) is 0 Å². The molecule has 0 aliphatic rings. The summed E-state index contributed by atoms with van der Waals surface area (Å²) in [5, 5.41) is 2.97. The maximum atomic E-state index is 12.3. The molecule has 1 rings (SSSR count). The van der Waals surface area contributed by atoms with Gasteiger partial charge in [0.1, 0.15) is 5.82 Å². The SMILES string of the molecule is CC(CN(C)C)NC(=O)c1cc(N)nc(C(C)(C)C)c1. The van der Waals surface area contributed by atoms with Crippen LogP contribution < -0.4 is 11.1 Å². The molecule has 0 aliphatic carbocycles. The van der Waals surface area contributed by atoms with Gasteiger partial charge in [-0.3, -0.25) is 4.79 Å². The molecule has 0 spiro atoms. The number of nitrogen functional groups attached to an aromatic ring is 1. The Morgan fingerprint density at radius 2 is 2.00 bits per heavy atom. The van der Waals surface area contributed by atoms with Crippen LogP contribution in [0.1, 0.15) is 43.7 Å². The van der Waals surface area contributed by atoms with Gasteiger partial charge in [-0.15, -0.1) is 0 Å². The van der Waals surface area contributed by atoms with Crippen LogP contribution in [0.15, 0.2) is 12.1 Å². The average Bonchev–Trinajstić information content (AvgIpc) is 2.25. The van der Waals surface area contributed by atoms with Crippen LogP contribution in [0.4, 0.5) is 5.82 Å². The highest BCUT2D eigenvalue weighted by Gasteiger charge is 2.19. The number of likely N-dealkylation sites (N-methyl/N-ethyl adjacent to an activating group) is 1. The predicted molar refractivity (Wildman–Crippen MR) is 82.8 cm³/mol. The summed E-state index contributed by atoms with van der Waals surface area (Å²) in [6.45, 7) is 8.91. The Hall–Kier alpha value is -1.62. The molecule has 1 heterocycles. The van der Waals surface area contributed by atoms with E-state index in [9.17, 15) is 4.79 Å². The van der Waals surface area contributed by atoms with E-state index in [1.165, 1.54) is 0 Å². The molecule has 1 aromatic rings. The average molecular weight is 278 g/mol. The smallest absolute Gasteiger partial charge is 0.251 e. The van der Waals surface area contributed by atoms with Gasteiger partial charge >= 0.3 is 0 Å². The maximum Gasteiger partial charge on any atom is 0.251 e. The molecule has 1 unspecified atom stereocenters. The molecule has 112 valence electrons. The number of carbonyl (C=O) groups is 1. The van der Waals surface area contributed by atoms with E-state index < -0.39 is 0 Å². The van der Waals surface area contributed by atoms with Crippen LogP contribution in [-0.2, 0) is 5.41 Å². The van der Waals surface area contributed by atoms with E-state index in [-0.39, 0.29) is 17.4 Å². The fourth-order valence-electron chi connectivity index (χ4n) is 1.97. The number of nitrogens with zero attached hydrogens (tertiary/aromatic N) is 2. The fourth-order valence-corrected chi connectivity index (χ4v) is 1.97. The standard InChI is InChI=1S/C15H26N4O/c1-10(9-19(5)6)17-14(20)11-7-12(15(2,3)4)18-13(16)8-11/h7-8,10H,9H2,1-6H3,(H2,16,18)(H,17,20). The predicted octanol–water partition coefficient (Wildman–Crippen LogP) is 1.64. The Balaban J connectivity index is 2.91. The first-order valence-corrected chi connectivity index (χ1v) is 6.83. The summed E-state index contributed by atoms with van der Waals surface area (Å²) in [5.41, 5.74) is 7.05. The number of anilines is 1. The number of hydrogen-bond acceptors (Lipinski definition) is 4. The summed E-state index contributed by atoms with van der Waals surface area (Å²) in [6.07, 6.45) is 0. The fraction of sp³-hybridized carbons (Fsp3) is 0.600. The van der Waals surface area contributed by atoms with Crippen LogP contribution in [0.3, 0.4) is 0 Å². The van der Waals surface area contributed by atoms with Crippen molar-refractivity contribution in [2.75, 3.05) is 26.4 Å². The van der Waals surface area contributed by atoms with E-state index in [1.807, 2.05) is 52.8 Å². The van der Waals surface area contributed by atoms with E-state index in [4.69, 9.17) is 5.73 Å². The lowest BCUT2D eigenvalue weighted by Crippen LogP contribution is -2.39. The van der Waals surface area contributed by atoms with E-state index in [0.717, 1.165) is 12.2 Å². The lowest BCUT2D eigenvalue weighted by atomic mass is 9.90. The third kappa shape index (κ3) is 4.81. The zero-order chi connectivity index (χ0) is 15.5. The molecule has 1 aromatic heterocycles. The third-order valence-corrected chi connectivity index (χ3v) is 2.89. The molecule has 3 N–H and O–H groups in total. The molecule has 0 saturated carbocycles. The van der Waals surface area contributed by atoms with Gasteiger partial charge in [-0.25, -0.2) is 4.98 Å². The zero-order valence-electron chi connectivity index (χ0n) is 13.3. The third-order valence-electron chi connectivity index (χ3n) is 2.89. The van der Waals surface area contributed by atoms with Crippen LogP contribution in [0.25, 0.3) is 0 Å². The molecule has 5 heteroatoms. The van der Waals surface area contributed by atoms with Crippen molar-refractivity contribution in [1.29, 1.82) is 0 Å². The summed E-state index contributed by atoms with van der Waals surface area (Å²) < 4.78 is 0. The van der Waals surface area contributed by atoms with Crippen molar-refractivity contribution < 1.29 is 4.79 Å². The van der Waals surface area contributed by atoms with Crippen LogP contribution in [0.5, 0.6) is 0 Å². The van der Waals surface area contributed by atoms with Gasteiger partial charge in [-0.2, -0.15) is 0 Å². The first kappa shape index (κ1) is 16.4. The van der Waals surface area contributed by atoms with Gasteiger partial charge in [0.25, 0.3) is 5.91 Å². The molecule has 0 fully saturated rings. The molecule has 0 aliphatic heterocycles. The van der Waals surface area contributed by atoms with Crippen LogP contribution in [-0.4, -0.2) is 42.5 Å². The molecule has 0 aromatic carbocycles. The van der Waals surface area contributed by atoms with Gasteiger partial charge in [0, 0.05) is 29.3 Å². The van der Waals surface area contributed by atoms with Crippen molar-refractivity contribution >= 4 is 11.7 Å². The van der Waals surface area contributed by atoms with Gasteiger partial charge in [-0.1, -0.05) is 20.8 Å². The molecule has 0 saturated heterocycles. The quantitative estimate of drug-likeness (QED) is 0.878. The summed E-state index contributed by atoms with van der Waals surface area (Å²) in [5.74, 6) is 0.266. The van der Waals surface area contributed by atoms with Gasteiger partial charge in [-0.05, 0) is 33.2 Å². The number of carbonyl (C=O) groups excluding carboxylic acids is 1. The first-order chi connectivity index (χ1) is 9.09. The monoisotopic (exact) mass is 278 g/mol. The minimum atomic E-state index is -0.139. The molecule has 1 amide bonds. The highest BCUT2D eigenvalue weighted by Crippen LogP contribution is 2.22. The second-order valence-electron chi connectivity index (χ2n) is 6.55. The molecule has 1 atom stereocenters. The van der Waals surface area contributed by atoms with Gasteiger partial charge < -0.3 is 16.0 Å². The molecule has 20 heavy (non-hydrogen) atoms.